The molecule has 0 bridgehead atoms. The molecule has 8 heteroatoms. The Morgan fingerprint density at radius 1 is 1.03 bits per heavy atom. The van der Waals surface area contributed by atoms with Crippen LogP contribution in [-0.2, 0) is 22.6 Å². The number of nitrogen functional groups attached to an aromatic ring is 1. The van der Waals surface area contributed by atoms with E-state index in [0.717, 1.165) is 52.6 Å². The number of rotatable bonds is 9. The topological polar surface area (TPSA) is 129 Å². The Morgan fingerprint density at radius 2 is 1.79 bits per heavy atom. The van der Waals surface area contributed by atoms with Gasteiger partial charge in [0.05, 0.1) is 11.0 Å². The second kappa shape index (κ2) is 9.68. The van der Waals surface area contributed by atoms with Crippen molar-refractivity contribution in [2.75, 3.05) is 11.1 Å². The van der Waals surface area contributed by atoms with Gasteiger partial charge in [-0.2, -0.15) is 0 Å². The van der Waals surface area contributed by atoms with Crippen molar-refractivity contribution >= 4 is 45.3 Å². The number of primary amides is 1. The van der Waals surface area contributed by atoms with Crippen molar-refractivity contribution in [1.82, 2.24) is 14.5 Å². The molecule has 0 aliphatic heterocycles. The fraction of sp³-hybridized carbons (Fsp3) is 0.280. The smallest absolute Gasteiger partial charge is 0.224 e. The number of nitrogens with two attached hydrogens (primary N) is 2. The van der Waals surface area contributed by atoms with Crippen LogP contribution in [0, 0.1) is 0 Å². The molecule has 4 aromatic rings. The van der Waals surface area contributed by atoms with E-state index in [0.29, 0.717) is 18.1 Å². The molecule has 0 atom stereocenters. The van der Waals surface area contributed by atoms with Gasteiger partial charge in [-0.3, -0.25) is 9.59 Å². The Kier molecular flexibility index (Phi) is 6.53. The number of benzene rings is 2. The Bertz CT molecular complexity index is 1310. The fourth-order valence-electron chi connectivity index (χ4n) is 3.94. The highest BCUT2D eigenvalue weighted by atomic mass is 16.2. The molecule has 0 saturated heterocycles. The lowest BCUT2D eigenvalue weighted by atomic mass is 10.1. The van der Waals surface area contributed by atoms with E-state index in [1.807, 2.05) is 42.5 Å². The zero-order valence-electron chi connectivity index (χ0n) is 18.7. The lowest BCUT2D eigenvalue weighted by Crippen LogP contribution is -2.17. The van der Waals surface area contributed by atoms with Gasteiger partial charge in [0.25, 0.3) is 0 Å². The molecule has 0 fully saturated rings. The highest BCUT2D eigenvalue weighted by Crippen LogP contribution is 2.30. The van der Waals surface area contributed by atoms with E-state index in [1.54, 1.807) is 0 Å². The van der Waals surface area contributed by atoms with E-state index in [4.69, 9.17) is 16.5 Å². The van der Waals surface area contributed by atoms with Crippen molar-refractivity contribution in [3.05, 3.63) is 59.9 Å². The summed E-state index contributed by atoms with van der Waals surface area (Å²) in [6.07, 6.45) is 3.06. The second-order valence-corrected chi connectivity index (χ2v) is 8.14. The first kappa shape index (κ1) is 22.3. The van der Waals surface area contributed by atoms with Crippen molar-refractivity contribution in [3.8, 4) is 0 Å². The number of aromatic nitrogens is 3. The number of nitrogens with one attached hydrogen (secondary N) is 1. The third-order valence-electron chi connectivity index (χ3n) is 5.62. The largest absolute Gasteiger partial charge is 0.382 e. The summed E-state index contributed by atoms with van der Waals surface area (Å²) in [5.74, 6) is 0.698. The SMILES string of the molecule is CCCCc1nc2c(N)nc3ccccc3c2n1Cc1ccc(NC(=O)CCC(N)=O)cc1. The molecule has 0 unspecified atom stereocenters. The molecule has 8 nitrogen and oxygen atoms in total. The van der Waals surface area contributed by atoms with Gasteiger partial charge in [0.2, 0.25) is 11.8 Å². The first-order chi connectivity index (χ1) is 16.0. The number of amides is 2. The molecule has 2 aromatic carbocycles. The minimum Gasteiger partial charge on any atom is -0.382 e. The first-order valence-corrected chi connectivity index (χ1v) is 11.2. The molecule has 0 spiro atoms. The molecule has 0 aliphatic carbocycles. The maximum Gasteiger partial charge on any atom is 0.224 e. The Morgan fingerprint density at radius 3 is 2.52 bits per heavy atom. The van der Waals surface area contributed by atoms with Crippen molar-refractivity contribution < 1.29 is 9.59 Å². The van der Waals surface area contributed by atoms with E-state index < -0.39 is 5.91 Å². The molecule has 0 saturated carbocycles. The lowest BCUT2D eigenvalue weighted by Gasteiger charge is -2.12. The van der Waals surface area contributed by atoms with E-state index in [2.05, 4.69) is 27.9 Å². The van der Waals surface area contributed by atoms with Crippen molar-refractivity contribution in [2.45, 2.75) is 45.6 Å². The van der Waals surface area contributed by atoms with Gasteiger partial charge < -0.3 is 21.4 Å². The molecule has 2 heterocycles. The summed E-state index contributed by atoms with van der Waals surface area (Å²) in [5, 5.41) is 3.82. The first-order valence-electron chi connectivity index (χ1n) is 11.2. The van der Waals surface area contributed by atoms with Gasteiger partial charge in [-0.1, -0.05) is 43.7 Å². The van der Waals surface area contributed by atoms with Crippen LogP contribution in [0.3, 0.4) is 0 Å². The standard InChI is InChI=1S/C25H28N6O2/c1-2-3-8-21-30-23-24(18-6-4-5-7-19(18)29-25(23)27)31(21)15-16-9-11-17(12-10-16)28-22(33)14-13-20(26)32/h4-7,9-12H,2-3,8,13-15H2,1H3,(H2,26,32)(H2,27,29)(H,28,33). The van der Waals surface area contributed by atoms with E-state index in [9.17, 15) is 9.59 Å². The van der Waals surface area contributed by atoms with Crippen LogP contribution in [0.5, 0.6) is 0 Å². The second-order valence-electron chi connectivity index (χ2n) is 8.14. The molecule has 170 valence electrons. The van der Waals surface area contributed by atoms with Gasteiger partial charge in [0, 0.05) is 36.9 Å². The zero-order chi connectivity index (χ0) is 23.4. The number of hydrogen-bond acceptors (Lipinski definition) is 5. The Labute approximate surface area is 192 Å². The molecule has 4 rings (SSSR count). The summed E-state index contributed by atoms with van der Waals surface area (Å²) in [7, 11) is 0. The number of unbranched alkanes of at least 4 members (excludes halogenated alkanes) is 1. The maximum absolute atomic E-state index is 12.0. The molecule has 0 radical (unpaired) electrons. The summed E-state index contributed by atoms with van der Waals surface area (Å²) in [6.45, 7) is 2.79. The average molecular weight is 445 g/mol. The van der Waals surface area contributed by atoms with Gasteiger partial charge in [0.1, 0.15) is 11.3 Å². The summed E-state index contributed by atoms with van der Waals surface area (Å²) in [5.41, 5.74) is 15.7. The molecular weight excluding hydrogens is 416 g/mol. The third-order valence-corrected chi connectivity index (χ3v) is 5.62. The number of para-hydroxylation sites is 1. The van der Waals surface area contributed by atoms with Crippen LogP contribution < -0.4 is 16.8 Å². The van der Waals surface area contributed by atoms with Gasteiger partial charge >= 0.3 is 0 Å². The third kappa shape index (κ3) is 4.95. The normalized spacial score (nSPS) is 11.2. The molecule has 2 aromatic heterocycles. The van der Waals surface area contributed by atoms with Crippen LogP contribution in [0.2, 0.25) is 0 Å². The monoisotopic (exact) mass is 444 g/mol. The Balaban J connectivity index is 1.66. The van der Waals surface area contributed by atoms with Gasteiger partial charge in [-0.15, -0.1) is 0 Å². The quantitative estimate of drug-likeness (QED) is 0.362. The summed E-state index contributed by atoms with van der Waals surface area (Å²) in [6, 6.07) is 15.6. The van der Waals surface area contributed by atoms with E-state index in [-0.39, 0.29) is 18.7 Å². The van der Waals surface area contributed by atoms with Gasteiger partial charge in [-0.25, -0.2) is 9.97 Å². The van der Waals surface area contributed by atoms with E-state index in [1.165, 1.54) is 0 Å². The summed E-state index contributed by atoms with van der Waals surface area (Å²) in [4.78, 5) is 32.2. The number of carbonyl (C=O) groups is 2. The number of pyridine rings is 1. The predicted octanol–water partition coefficient (Wildman–Crippen LogP) is 3.76. The fourth-order valence-corrected chi connectivity index (χ4v) is 3.94. The molecular formula is C25H28N6O2. The Hall–Kier alpha value is -3.94. The number of hydrogen-bond donors (Lipinski definition) is 3. The van der Waals surface area contributed by atoms with Crippen LogP contribution >= 0.6 is 0 Å². The highest BCUT2D eigenvalue weighted by Gasteiger charge is 2.17. The van der Waals surface area contributed by atoms with Crippen LogP contribution in [0.1, 0.15) is 44.0 Å². The number of anilines is 2. The van der Waals surface area contributed by atoms with Crippen molar-refractivity contribution in [2.24, 2.45) is 5.73 Å². The van der Waals surface area contributed by atoms with Gasteiger partial charge in [0.15, 0.2) is 5.82 Å². The maximum atomic E-state index is 12.0. The van der Waals surface area contributed by atoms with Crippen LogP contribution in [-0.4, -0.2) is 26.3 Å². The van der Waals surface area contributed by atoms with Crippen LogP contribution in [0.25, 0.3) is 21.9 Å². The van der Waals surface area contributed by atoms with Crippen molar-refractivity contribution in [1.29, 1.82) is 0 Å². The number of fused-ring (bicyclic) bond motifs is 3. The minimum atomic E-state index is -0.490. The highest BCUT2D eigenvalue weighted by molar-refractivity contribution is 6.06. The molecule has 0 aliphatic rings. The summed E-state index contributed by atoms with van der Waals surface area (Å²) < 4.78 is 2.23. The molecule has 2 amide bonds. The van der Waals surface area contributed by atoms with Crippen LogP contribution in [0.15, 0.2) is 48.5 Å². The predicted molar refractivity (Wildman–Crippen MR) is 131 cm³/mol. The molecule has 5 N–H and O–H groups in total. The van der Waals surface area contributed by atoms with Crippen molar-refractivity contribution in [3.63, 3.8) is 0 Å². The average Bonchev–Trinajstić information content (AvgIpc) is 3.16. The summed E-state index contributed by atoms with van der Waals surface area (Å²) >= 11 is 0. The number of imidazole rings is 1. The zero-order valence-corrected chi connectivity index (χ0v) is 18.7. The molecule has 33 heavy (non-hydrogen) atoms. The minimum absolute atomic E-state index is 0.0318. The lowest BCUT2D eigenvalue weighted by molar-refractivity contribution is -0.122. The number of carbonyl (C=O) groups excluding carboxylic acids is 2. The van der Waals surface area contributed by atoms with E-state index >= 15 is 0 Å². The number of nitrogens with zero attached hydrogens (tertiary/aromatic N) is 3. The van der Waals surface area contributed by atoms with Gasteiger partial charge in [-0.05, 0) is 30.2 Å². The van der Waals surface area contributed by atoms with Crippen LogP contribution in [0.4, 0.5) is 11.5 Å². The number of aryl methyl sites for hydroxylation is 1.